The summed E-state index contributed by atoms with van der Waals surface area (Å²) in [6.45, 7) is 0. The van der Waals surface area contributed by atoms with Crippen LogP contribution in [0.3, 0.4) is 0 Å². The summed E-state index contributed by atoms with van der Waals surface area (Å²) >= 11 is 0. The van der Waals surface area contributed by atoms with E-state index in [4.69, 9.17) is 0 Å². The normalized spacial score (nSPS) is 10.6. The van der Waals surface area contributed by atoms with Crippen LogP contribution in [0.25, 0.3) is 5.70 Å². The SMILES string of the molecule is CN(/C(=C/C#Cc1ccccc1)c1ccccc1)c1ccccc1. The number of hydrogen-bond acceptors (Lipinski definition) is 1. The van der Waals surface area contributed by atoms with Crippen LogP contribution in [0.15, 0.2) is 97.1 Å². The minimum absolute atomic E-state index is 1.02. The molecule has 0 heterocycles. The number of para-hydroxylation sites is 1. The van der Waals surface area contributed by atoms with Crippen molar-refractivity contribution in [3.05, 3.63) is 108 Å². The number of hydrogen-bond donors (Lipinski definition) is 0. The minimum Gasteiger partial charge on any atom is -0.344 e. The van der Waals surface area contributed by atoms with Gasteiger partial charge in [-0.15, -0.1) is 0 Å². The second-order valence-corrected chi connectivity index (χ2v) is 5.43. The molecular weight excluding hydrogens is 290 g/mol. The van der Waals surface area contributed by atoms with Crippen LogP contribution in [-0.2, 0) is 0 Å². The van der Waals surface area contributed by atoms with Gasteiger partial charge in [-0.2, -0.15) is 0 Å². The highest BCUT2D eigenvalue weighted by molar-refractivity contribution is 5.80. The Kier molecular flexibility index (Phi) is 5.12. The fourth-order valence-electron chi connectivity index (χ4n) is 2.48. The molecule has 0 unspecified atom stereocenters. The third kappa shape index (κ3) is 3.94. The summed E-state index contributed by atoms with van der Waals surface area (Å²) < 4.78 is 0. The molecule has 0 spiro atoms. The Labute approximate surface area is 143 Å². The summed E-state index contributed by atoms with van der Waals surface area (Å²) in [5, 5.41) is 0. The molecule has 0 aliphatic carbocycles. The van der Waals surface area contributed by atoms with Crippen molar-refractivity contribution >= 4 is 11.4 Å². The summed E-state index contributed by atoms with van der Waals surface area (Å²) in [6.07, 6.45) is 1.98. The fraction of sp³-hybridized carbons (Fsp3) is 0.0435. The number of anilines is 1. The predicted molar refractivity (Wildman–Crippen MR) is 103 cm³/mol. The second-order valence-electron chi connectivity index (χ2n) is 5.43. The van der Waals surface area contributed by atoms with E-state index in [0.29, 0.717) is 0 Å². The fourth-order valence-corrected chi connectivity index (χ4v) is 2.48. The molecule has 0 saturated carbocycles. The lowest BCUT2D eigenvalue weighted by Gasteiger charge is -2.22. The van der Waals surface area contributed by atoms with Gasteiger partial charge in [0.1, 0.15) is 0 Å². The molecule has 0 aromatic heterocycles. The van der Waals surface area contributed by atoms with Crippen LogP contribution in [-0.4, -0.2) is 7.05 Å². The summed E-state index contributed by atoms with van der Waals surface area (Å²) in [5.41, 5.74) is 4.37. The maximum atomic E-state index is 3.20. The monoisotopic (exact) mass is 309 g/mol. The molecule has 3 aromatic carbocycles. The molecule has 0 aliphatic heterocycles. The van der Waals surface area contributed by atoms with Gasteiger partial charge < -0.3 is 4.90 Å². The number of benzene rings is 3. The smallest absolute Gasteiger partial charge is 0.0566 e. The lowest BCUT2D eigenvalue weighted by Crippen LogP contribution is -2.15. The number of nitrogens with zero attached hydrogens (tertiary/aromatic N) is 1. The lowest BCUT2D eigenvalue weighted by molar-refractivity contribution is 1.22. The highest BCUT2D eigenvalue weighted by Crippen LogP contribution is 2.24. The molecule has 0 aliphatic rings. The van der Waals surface area contributed by atoms with Crippen LogP contribution in [0.5, 0.6) is 0 Å². The lowest BCUT2D eigenvalue weighted by atomic mass is 10.1. The molecule has 3 rings (SSSR count). The zero-order valence-corrected chi connectivity index (χ0v) is 13.7. The first kappa shape index (κ1) is 15.6. The van der Waals surface area contributed by atoms with Gasteiger partial charge in [-0.3, -0.25) is 0 Å². The van der Waals surface area contributed by atoms with Crippen LogP contribution in [0.2, 0.25) is 0 Å². The van der Waals surface area contributed by atoms with Gasteiger partial charge in [0, 0.05) is 24.4 Å². The molecule has 1 nitrogen and oxygen atoms in total. The molecule has 0 N–H and O–H groups in total. The molecule has 3 aromatic rings. The first-order chi connectivity index (χ1) is 11.8. The summed E-state index contributed by atoms with van der Waals surface area (Å²) in [7, 11) is 2.07. The standard InChI is InChI=1S/C23H19N/c1-24(22-17-9-4-10-18-22)23(21-15-7-3-8-16-21)19-11-14-20-12-5-2-6-13-20/h2-10,12-13,15-19H,1H3/b23-19+. The van der Waals surface area contributed by atoms with Gasteiger partial charge in [-0.25, -0.2) is 0 Å². The van der Waals surface area contributed by atoms with Crippen molar-refractivity contribution in [1.82, 2.24) is 0 Å². The maximum Gasteiger partial charge on any atom is 0.0566 e. The van der Waals surface area contributed by atoms with Crippen LogP contribution in [0.1, 0.15) is 11.1 Å². The quantitative estimate of drug-likeness (QED) is 0.600. The Morgan fingerprint density at radius 1 is 0.750 bits per heavy atom. The van der Waals surface area contributed by atoms with Crippen molar-refractivity contribution < 1.29 is 0 Å². The Morgan fingerprint density at radius 2 is 1.29 bits per heavy atom. The van der Waals surface area contributed by atoms with E-state index < -0.39 is 0 Å². The molecule has 0 fully saturated rings. The Morgan fingerprint density at radius 3 is 1.92 bits per heavy atom. The van der Waals surface area contributed by atoms with Gasteiger partial charge in [0.15, 0.2) is 0 Å². The van der Waals surface area contributed by atoms with Crippen molar-refractivity contribution in [3.8, 4) is 11.8 Å². The number of allylic oxidation sites excluding steroid dienone is 1. The zero-order chi connectivity index (χ0) is 16.6. The molecule has 0 amide bonds. The van der Waals surface area contributed by atoms with Crippen molar-refractivity contribution in [2.24, 2.45) is 0 Å². The summed E-state index contributed by atoms with van der Waals surface area (Å²) in [6, 6.07) is 30.7. The van der Waals surface area contributed by atoms with E-state index >= 15 is 0 Å². The molecule has 0 atom stereocenters. The van der Waals surface area contributed by atoms with Crippen LogP contribution in [0.4, 0.5) is 5.69 Å². The largest absolute Gasteiger partial charge is 0.344 e. The predicted octanol–water partition coefficient (Wildman–Crippen LogP) is 5.22. The highest BCUT2D eigenvalue weighted by Gasteiger charge is 2.08. The Hall–Kier alpha value is -3.24. The third-order valence-electron chi connectivity index (χ3n) is 3.77. The van der Waals surface area contributed by atoms with E-state index in [2.05, 4.69) is 48.1 Å². The van der Waals surface area contributed by atoms with Crippen molar-refractivity contribution in [2.45, 2.75) is 0 Å². The maximum absolute atomic E-state index is 3.20. The van der Waals surface area contributed by atoms with E-state index in [1.54, 1.807) is 0 Å². The summed E-state index contributed by atoms with van der Waals surface area (Å²) in [5.74, 6) is 6.40. The van der Waals surface area contributed by atoms with E-state index in [9.17, 15) is 0 Å². The van der Waals surface area contributed by atoms with Gasteiger partial charge in [-0.05, 0) is 29.8 Å². The van der Waals surface area contributed by atoms with Crippen LogP contribution in [0, 0.1) is 11.8 Å². The summed E-state index contributed by atoms with van der Waals surface area (Å²) in [4.78, 5) is 2.16. The molecule has 0 saturated heterocycles. The van der Waals surface area contributed by atoms with Crippen molar-refractivity contribution in [3.63, 3.8) is 0 Å². The van der Waals surface area contributed by atoms with Gasteiger partial charge >= 0.3 is 0 Å². The van der Waals surface area contributed by atoms with E-state index in [1.807, 2.05) is 72.8 Å². The van der Waals surface area contributed by atoms with Crippen LogP contribution < -0.4 is 4.90 Å². The topological polar surface area (TPSA) is 3.24 Å². The second kappa shape index (κ2) is 7.85. The zero-order valence-electron chi connectivity index (χ0n) is 13.7. The molecule has 0 radical (unpaired) electrons. The van der Waals surface area contributed by atoms with E-state index in [-0.39, 0.29) is 0 Å². The van der Waals surface area contributed by atoms with Gasteiger partial charge in [0.25, 0.3) is 0 Å². The molecule has 0 bridgehead atoms. The first-order valence-electron chi connectivity index (χ1n) is 7.95. The van der Waals surface area contributed by atoms with E-state index in [0.717, 1.165) is 22.5 Å². The van der Waals surface area contributed by atoms with Crippen molar-refractivity contribution in [1.29, 1.82) is 0 Å². The van der Waals surface area contributed by atoms with Crippen LogP contribution >= 0.6 is 0 Å². The Balaban J connectivity index is 1.97. The average Bonchev–Trinajstić information content (AvgIpc) is 2.67. The molecule has 1 heteroatoms. The average molecular weight is 309 g/mol. The number of rotatable bonds is 3. The van der Waals surface area contributed by atoms with Crippen molar-refractivity contribution in [2.75, 3.05) is 11.9 Å². The van der Waals surface area contributed by atoms with Gasteiger partial charge in [-0.1, -0.05) is 78.6 Å². The Bertz CT molecular complexity index is 853. The van der Waals surface area contributed by atoms with Gasteiger partial charge in [0.05, 0.1) is 5.70 Å². The third-order valence-corrected chi connectivity index (χ3v) is 3.77. The molecule has 24 heavy (non-hydrogen) atoms. The first-order valence-corrected chi connectivity index (χ1v) is 7.95. The highest BCUT2D eigenvalue weighted by atomic mass is 15.1. The molecular formula is C23H19N. The molecule has 116 valence electrons. The van der Waals surface area contributed by atoms with Gasteiger partial charge in [0.2, 0.25) is 0 Å². The minimum atomic E-state index is 1.02. The van der Waals surface area contributed by atoms with E-state index in [1.165, 1.54) is 0 Å².